The Hall–Kier alpha value is -6.76. The van der Waals surface area contributed by atoms with E-state index in [-0.39, 0.29) is 17.7 Å². The lowest BCUT2D eigenvalue weighted by molar-refractivity contribution is 0.590. The van der Waals surface area contributed by atoms with Crippen molar-refractivity contribution in [3.63, 3.8) is 0 Å². The minimum atomic E-state index is -0.130. The van der Waals surface area contributed by atoms with E-state index in [0.717, 1.165) is 49.4 Å². The maximum Gasteiger partial charge on any atom is 0.333 e. The van der Waals surface area contributed by atoms with Crippen LogP contribution in [0.4, 0.5) is 11.4 Å². The zero-order valence-corrected chi connectivity index (χ0v) is 36.3. The molecule has 62 heavy (non-hydrogen) atoms. The van der Waals surface area contributed by atoms with Crippen molar-refractivity contribution in [1.82, 2.24) is 4.57 Å². The topological polar surface area (TPSA) is 34.5 Å². The molecule has 4 nitrogen and oxygen atoms in total. The molecule has 0 fully saturated rings. The number of hydrogen-bond donors (Lipinski definition) is 0. The minimum absolute atomic E-state index is 0.0298. The average Bonchev–Trinajstić information content (AvgIpc) is 4.01. The summed E-state index contributed by atoms with van der Waals surface area (Å²) in [5, 5.41) is 9.65. The highest BCUT2D eigenvalue weighted by Crippen LogP contribution is 2.50. The highest BCUT2D eigenvalue weighted by molar-refractivity contribution is 7.25. The maximum absolute atomic E-state index is 6.73. The molecule has 0 saturated heterocycles. The number of thiophene rings is 1. The van der Waals surface area contributed by atoms with E-state index in [1.807, 2.05) is 11.3 Å². The first kappa shape index (κ1) is 34.9. The lowest BCUT2D eigenvalue weighted by Crippen LogP contribution is -2.60. The summed E-state index contributed by atoms with van der Waals surface area (Å²) in [5.74, 6) is 0. The van der Waals surface area contributed by atoms with Gasteiger partial charge in [0.25, 0.3) is 0 Å². The second-order valence-corrected chi connectivity index (χ2v) is 20.8. The molecule has 6 heterocycles. The Morgan fingerprint density at radius 1 is 0.468 bits per heavy atom. The lowest BCUT2D eigenvalue weighted by atomic mass is 9.44. The summed E-state index contributed by atoms with van der Waals surface area (Å²) in [7, 11) is 0. The van der Waals surface area contributed by atoms with Gasteiger partial charge in [0.05, 0.1) is 11.0 Å². The molecule has 0 unspecified atom stereocenters. The van der Waals surface area contributed by atoms with Gasteiger partial charge in [-0.15, -0.1) is 11.3 Å². The van der Waals surface area contributed by atoms with E-state index >= 15 is 0 Å². The predicted octanol–water partition coefficient (Wildman–Crippen LogP) is 14.8. The third-order valence-electron chi connectivity index (χ3n) is 14.1. The van der Waals surface area contributed by atoms with E-state index < -0.39 is 0 Å². The molecule has 2 aliphatic rings. The largest absolute Gasteiger partial charge is 0.456 e. The first-order valence-corrected chi connectivity index (χ1v) is 22.6. The molecule has 0 radical (unpaired) electrons. The fourth-order valence-electron chi connectivity index (χ4n) is 11.0. The van der Waals surface area contributed by atoms with Gasteiger partial charge in [0.1, 0.15) is 22.3 Å². The summed E-state index contributed by atoms with van der Waals surface area (Å²) in [6.45, 7) is 13.7. The van der Waals surface area contributed by atoms with Crippen LogP contribution in [0.3, 0.4) is 0 Å². The van der Waals surface area contributed by atoms with E-state index in [1.165, 1.54) is 86.7 Å². The van der Waals surface area contributed by atoms with Gasteiger partial charge in [-0.05, 0) is 99.1 Å². The normalized spacial score (nSPS) is 13.9. The maximum atomic E-state index is 6.73. The molecule has 0 atom stereocenters. The van der Waals surface area contributed by atoms with Gasteiger partial charge in [-0.3, -0.25) is 0 Å². The number of aromatic nitrogens is 1. The van der Waals surface area contributed by atoms with Crippen LogP contribution in [0.2, 0.25) is 0 Å². The van der Waals surface area contributed by atoms with Gasteiger partial charge in [0, 0.05) is 81.2 Å². The van der Waals surface area contributed by atoms with Crippen LogP contribution in [0.1, 0.15) is 52.7 Å². The number of furan rings is 2. The molecule has 0 N–H and O–H groups in total. The van der Waals surface area contributed by atoms with Gasteiger partial charge >= 0.3 is 6.85 Å². The average molecular weight is 817 g/mol. The van der Waals surface area contributed by atoms with Crippen LogP contribution in [0.25, 0.3) is 103 Å². The van der Waals surface area contributed by atoms with Crippen LogP contribution in [-0.4, -0.2) is 11.4 Å². The predicted molar refractivity (Wildman–Crippen MR) is 265 cm³/mol. The third kappa shape index (κ3) is 4.52. The smallest absolute Gasteiger partial charge is 0.333 e. The fraction of sp³-hybridized carbons (Fsp3) is 0.143. The number of hydrogen-bond acceptors (Lipinski definition) is 4. The fourth-order valence-corrected chi connectivity index (χ4v) is 12.1. The van der Waals surface area contributed by atoms with Gasteiger partial charge in [-0.2, -0.15) is 0 Å². The van der Waals surface area contributed by atoms with E-state index in [9.17, 15) is 0 Å². The van der Waals surface area contributed by atoms with Crippen LogP contribution < -0.4 is 15.7 Å². The second-order valence-electron chi connectivity index (χ2n) is 19.7. The Morgan fingerprint density at radius 3 is 1.84 bits per heavy atom. The Bertz CT molecular complexity index is 3960. The highest BCUT2D eigenvalue weighted by atomic mass is 32.1. The molecule has 0 bridgehead atoms. The zero-order valence-electron chi connectivity index (χ0n) is 35.5. The number of nitrogens with zero attached hydrogens (tertiary/aromatic N) is 2. The van der Waals surface area contributed by atoms with Gasteiger partial charge in [0.2, 0.25) is 0 Å². The molecule has 0 amide bonds. The summed E-state index contributed by atoms with van der Waals surface area (Å²) in [6, 6.07) is 52.5. The Balaban J connectivity index is 1.15. The molecule has 0 saturated carbocycles. The summed E-state index contributed by atoms with van der Waals surface area (Å²) in [5.41, 5.74) is 17.5. The Morgan fingerprint density at radius 2 is 1.11 bits per heavy atom. The standard InChI is InChI=1S/C56H41BN2O2S/c1-55(2,3)30-15-18-32(19-16-30)59-45-29-52-42(35-20-17-31(56(4,5)6)23-51(35)62-52)25-38(45)36-21-22-37-39-24-40-33-11-7-9-13-47(33)61-50(40)28-44(39)58-46-26-41-34-12-8-10-14-48(34)60-49(41)27-43(46)57(59)53(36)54(37)58/h7-29H,1-6H3. The van der Waals surface area contributed by atoms with Gasteiger partial charge in [-0.1, -0.05) is 114 Å². The van der Waals surface area contributed by atoms with Crippen molar-refractivity contribution in [2.24, 2.45) is 0 Å². The van der Waals surface area contributed by atoms with E-state index in [2.05, 4.69) is 190 Å². The molecule has 12 aromatic rings. The minimum Gasteiger partial charge on any atom is -0.456 e. The first-order valence-electron chi connectivity index (χ1n) is 21.8. The Labute approximate surface area is 362 Å². The van der Waals surface area contributed by atoms with Crippen LogP contribution in [0.15, 0.2) is 148 Å². The number of para-hydroxylation sites is 2. The van der Waals surface area contributed by atoms with Gasteiger partial charge < -0.3 is 18.2 Å². The van der Waals surface area contributed by atoms with Crippen LogP contribution >= 0.6 is 11.3 Å². The van der Waals surface area contributed by atoms with Crippen molar-refractivity contribution in [1.29, 1.82) is 0 Å². The van der Waals surface area contributed by atoms with Gasteiger partial charge in [-0.25, -0.2) is 0 Å². The SMILES string of the molecule is CC(C)(C)c1ccc(N2B3c4cc5oc6ccccc6c5cc4-n4c5cc6oc7ccccc7c6cc5c5ccc(c3c54)-c3cc4c(cc32)sc2cc(C(C)(C)C)ccc24)cc1. The first-order chi connectivity index (χ1) is 30.0. The Kier molecular flexibility index (Phi) is 6.52. The van der Waals surface area contributed by atoms with Gasteiger partial charge in [0.15, 0.2) is 0 Å². The van der Waals surface area contributed by atoms with Crippen molar-refractivity contribution >= 4 is 126 Å². The number of fused-ring (bicyclic) bond motifs is 17. The molecule has 8 aromatic carbocycles. The van der Waals surface area contributed by atoms with Crippen LogP contribution in [0, 0.1) is 0 Å². The van der Waals surface area contributed by atoms with Crippen molar-refractivity contribution in [3.05, 3.63) is 151 Å². The molecule has 0 aliphatic carbocycles. The molecular formula is C56H41BN2O2S. The molecule has 4 aromatic heterocycles. The second kappa shape index (κ2) is 11.6. The number of anilines is 2. The third-order valence-corrected chi connectivity index (χ3v) is 15.2. The molecule has 2 aliphatic heterocycles. The lowest BCUT2D eigenvalue weighted by Gasteiger charge is -2.42. The summed E-state index contributed by atoms with van der Waals surface area (Å²) in [4.78, 5) is 2.64. The number of rotatable bonds is 1. The highest BCUT2D eigenvalue weighted by Gasteiger charge is 2.45. The molecule has 6 heteroatoms. The van der Waals surface area contributed by atoms with E-state index in [4.69, 9.17) is 8.83 Å². The van der Waals surface area contributed by atoms with Crippen molar-refractivity contribution in [2.75, 3.05) is 4.81 Å². The van der Waals surface area contributed by atoms with Crippen LogP contribution in [0.5, 0.6) is 0 Å². The monoisotopic (exact) mass is 816 g/mol. The van der Waals surface area contributed by atoms with Crippen molar-refractivity contribution < 1.29 is 8.83 Å². The molecule has 296 valence electrons. The quantitative estimate of drug-likeness (QED) is 0.155. The zero-order chi connectivity index (χ0) is 41.6. The summed E-state index contributed by atoms with van der Waals surface area (Å²) >= 11 is 1.91. The summed E-state index contributed by atoms with van der Waals surface area (Å²) < 4.78 is 18.5. The summed E-state index contributed by atoms with van der Waals surface area (Å²) in [6.07, 6.45) is 0. The molecule has 14 rings (SSSR count). The van der Waals surface area contributed by atoms with E-state index in [0.29, 0.717) is 0 Å². The molecule has 0 spiro atoms. The van der Waals surface area contributed by atoms with Crippen molar-refractivity contribution in [2.45, 2.75) is 52.4 Å². The number of benzene rings is 8. The van der Waals surface area contributed by atoms with Crippen LogP contribution in [-0.2, 0) is 10.8 Å². The van der Waals surface area contributed by atoms with E-state index in [1.54, 1.807) is 0 Å². The molecular weight excluding hydrogens is 776 g/mol. The van der Waals surface area contributed by atoms with Crippen molar-refractivity contribution in [3.8, 4) is 16.8 Å².